The predicted octanol–water partition coefficient (Wildman–Crippen LogP) is 3.23. The van der Waals surface area contributed by atoms with E-state index in [1.807, 2.05) is 38.1 Å². The number of rotatable bonds is 1. The largest absolute Gasteiger partial charge is 0.478 e. The molecule has 0 aliphatic carbocycles. The van der Waals surface area contributed by atoms with Crippen LogP contribution in [0, 0.1) is 5.41 Å². The van der Waals surface area contributed by atoms with Gasteiger partial charge in [-0.05, 0) is 13.0 Å². The third kappa shape index (κ3) is 1.33. The van der Waals surface area contributed by atoms with Crippen molar-refractivity contribution in [3.63, 3.8) is 0 Å². The molecule has 2 rings (SSSR count). The normalized spacial score (nSPS) is 28.1. The molecule has 1 atom stereocenters. The Balaban J connectivity index is 2.72. The summed E-state index contributed by atoms with van der Waals surface area (Å²) in [4.78, 5) is 11.7. The van der Waals surface area contributed by atoms with Gasteiger partial charge in [-0.1, -0.05) is 45.9 Å². The lowest BCUT2D eigenvalue weighted by molar-refractivity contribution is -0.174. The highest BCUT2D eigenvalue weighted by atomic mass is 16.5. The maximum Gasteiger partial charge on any atom is 0.348 e. The molecule has 1 aromatic carbocycles. The molecular formula is C15H20O3. The van der Waals surface area contributed by atoms with Gasteiger partial charge in [0, 0.05) is 16.4 Å². The highest BCUT2D eigenvalue weighted by Crippen LogP contribution is 2.56. The van der Waals surface area contributed by atoms with Gasteiger partial charge in [0.1, 0.15) is 5.75 Å². The Kier molecular flexibility index (Phi) is 2.51. The van der Waals surface area contributed by atoms with Crippen LogP contribution in [0.3, 0.4) is 0 Å². The number of para-hydroxylation sites is 1. The van der Waals surface area contributed by atoms with Crippen LogP contribution in [0.15, 0.2) is 24.3 Å². The van der Waals surface area contributed by atoms with Gasteiger partial charge in [0.2, 0.25) is 5.60 Å². The number of fused-ring (bicyclic) bond motifs is 1. The lowest BCUT2D eigenvalue weighted by Crippen LogP contribution is -2.63. The monoisotopic (exact) mass is 248 g/mol. The molecule has 1 aliphatic rings. The van der Waals surface area contributed by atoms with Crippen molar-refractivity contribution in [2.45, 2.75) is 45.6 Å². The molecule has 0 aromatic heterocycles. The predicted molar refractivity (Wildman–Crippen MR) is 69.9 cm³/mol. The summed E-state index contributed by atoms with van der Waals surface area (Å²) in [7, 11) is 0. The molecule has 0 saturated carbocycles. The third-order valence-electron chi connectivity index (χ3n) is 5.04. The fraction of sp³-hybridized carbons (Fsp3) is 0.533. The van der Waals surface area contributed by atoms with Gasteiger partial charge >= 0.3 is 5.97 Å². The average molecular weight is 248 g/mol. The van der Waals surface area contributed by atoms with E-state index in [0.717, 1.165) is 5.56 Å². The van der Waals surface area contributed by atoms with Crippen molar-refractivity contribution in [3.05, 3.63) is 29.8 Å². The van der Waals surface area contributed by atoms with Crippen molar-refractivity contribution in [2.75, 3.05) is 0 Å². The maximum atomic E-state index is 11.7. The Bertz CT molecular complexity index is 502. The molecule has 1 aromatic rings. The van der Waals surface area contributed by atoms with E-state index in [1.165, 1.54) is 0 Å². The van der Waals surface area contributed by atoms with Gasteiger partial charge in [0.05, 0.1) is 0 Å². The minimum atomic E-state index is -1.23. The molecule has 0 amide bonds. The number of aliphatic carboxylic acids is 1. The molecule has 3 nitrogen and oxygen atoms in total. The van der Waals surface area contributed by atoms with E-state index in [9.17, 15) is 9.90 Å². The smallest absolute Gasteiger partial charge is 0.348 e. The summed E-state index contributed by atoms with van der Waals surface area (Å²) in [6.07, 6.45) is 0. The van der Waals surface area contributed by atoms with Gasteiger partial charge in [0.15, 0.2) is 0 Å². The molecule has 1 unspecified atom stereocenters. The second-order valence-corrected chi connectivity index (χ2v) is 6.19. The van der Waals surface area contributed by atoms with E-state index < -0.39 is 17.0 Å². The molecule has 0 spiro atoms. The van der Waals surface area contributed by atoms with E-state index in [0.29, 0.717) is 5.75 Å². The van der Waals surface area contributed by atoms with Crippen LogP contribution in [0.5, 0.6) is 5.75 Å². The fourth-order valence-corrected chi connectivity index (χ4v) is 2.66. The van der Waals surface area contributed by atoms with E-state index in [1.54, 1.807) is 6.92 Å². The molecule has 0 fully saturated rings. The molecule has 18 heavy (non-hydrogen) atoms. The number of carboxylic acid groups (broad SMARTS) is 1. The first-order valence-electron chi connectivity index (χ1n) is 6.16. The molecule has 3 heteroatoms. The van der Waals surface area contributed by atoms with Crippen LogP contribution in [0.2, 0.25) is 0 Å². The van der Waals surface area contributed by atoms with Crippen molar-refractivity contribution < 1.29 is 14.6 Å². The molecule has 1 aliphatic heterocycles. The SMILES string of the molecule is CC1(C(=O)O)Oc2ccccc2C(C)(C)C1(C)C. The molecule has 0 radical (unpaired) electrons. The van der Waals surface area contributed by atoms with Gasteiger partial charge in [-0.25, -0.2) is 4.79 Å². The summed E-state index contributed by atoms with van der Waals surface area (Å²) in [5.74, 6) is -0.248. The standard InChI is InChI=1S/C15H20O3/c1-13(2)10-8-6-7-9-11(10)18-15(5,12(16)17)14(13,3)4/h6-9H,1-5H3,(H,16,17). The van der Waals surface area contributed by atoms with Gasteiger partial charge in [-0.2, -0.15) is 0 Å². The average Bonchev–Trinajstić information content (AvgIpc) is 2.27. The first-order chi connectivity index (χ1) is 8.14. The highest BCUT2D eigenvalue weighted by molar-refractivity contribution is 5.80. The van der Waals surface area contributed by atoms with Crippen LogP contribution in [-0.2, 0) is 10.2 Å². The number of ether oxygens (including phenoxy) is 1. The van der Waals surface area contributed by atoms with Crippen LogP contribution < -0.4 is 4.74 Å². The first-order valence-corrected chi connectivity index (χ1v) is 6.16. The first kappa shape index (κ1) is 12.9. The number of carbonyl (C=O) groups is 1. The maximum absolute atomic E-state index is 11.7. The summed E-state index contributed by atoms with van der Waals surface area (Å²) < 4.78 is 5.83. The Labute approximate surface area is 108 Å². The zero-order valence-corrected chi connectivity index (χ0v) is 11.6. The van der Waals surface area contributed by atoms with E-state index in [-0.39, 0.29) is 5.41 Å². The minimum absolute atomic E-state index is 0.283. The van der Waals surface area contributed by atoms with Crippen molar-refractivity contribution in [3.8, 4) is 5.75 Å². The zero-order chi connectivity index (χ0) is 13.8. The summed E-state index contributed by atoms with van der Waals surface area (Å²) >= 11 is 0. The summed E-state index contributed by atoms with van der Waals surface area (Å²) in [5, 5.41) is 9.57. The molecular weight excluding hydrogens is 228 g/mol. The Hall–Kier alpha value is -1.51. The van der Waals surface area contributed by atoms with Crippen molar-refractivity contribution in [1.82, 2.24) is 0 Å². The van der Waals surface area contributed by atoms with Gasteiger partial charge < -0.3 is 9.84 Å². The lowest BCUT2D eigenvalue weighted by atomic mass is 9.55. The molecule has 98 valence electrons. The molecule has 0 bridgehead atoms. The Morgan fingerprint density at radius 2 is 1.67 bits per heavy atom. The van der Waals surface area contributed by atoms with Crippen LogP contribution >= 0.6 is 0 Å². The highest BCUT2D eigenvalue weighted by Gasteiger charge is 2.61. The Morgan fingerprint density at radius 3 is 2.22 bits per heavy atom. The number of hydrogen-bond acceptors (Lipinski definition) is 2. The van der Waals surface area contributed by atoms with Crippen LogP contribution in [0.4, 0.5) is 0 Å². The van der Waals surface area contributed by atoms with Crippen LogP contribution in [-0.4, -0.2) is 16.7 Å². The van der Waals surface area contributed by atoms with E-state index >= 15 is 0 Å². The minimum Gasteiger partial charge on any atom is -0.478 e. The lowest BCUT2D eigenvalue weighted by Gasteiger charge is -2.55. The van der Waals surface area contributed by atoms with E-state index in [2.05, 4.69) is 13.8 Å². The second-order valence-electron chi connectivity index (χ2n) is 6.19. The van der Waals surface area contributed by atoms with Gasteiger partial charge in [0.25, 0.3) is 0 Å². The number of hydrogen-bond donors (Lipinski definition) is 1. The molecule has 1 heterocycles. The topological polar surface area (TPSA) is 46.5 Å². The summed E-state index contributed by atoms with van der Waals surface area (Å²) in [5.41, 5.74) is -0.978. The van der Waals surface area contributed by atoms with Gasteiger partial charge in [-0.3, -0.25) is 0 Å². The number of carboxylic acids is 1. The van der Waals surface area contributed by atoms with Crippen molar-refractivity contribution in [1.29, 1.82) is 0 Å². The number of benzene rings is 1. The molecule has 1 N–H and O–H groups in total. The van der Waals surface area contributed by atoms with E-state index in [4.69, 9.17) is 4.74 Å². The van der Waals surface area contributed by atoms with Crippen molar-refractivity contribution in [2.24, 2.45) is 5.41 Å². The van der Waals surface area contributed by atoms with Crippen LogP contribution in [0.1, 0.15) is 40.2 Å². The molecule has 0 saturated heterocycles. The summed E-state index contributed by atoms with van der Waals surface area (Å²) in [6, 6.07) is 7.69. The quantitative estimate of drug-likeness (QED) is 0.830. The zero-order valence-electron chi connectivity index (χ0n) is 11.6. The fourth-order valence-electron chi connectivity index (χ4n) is 2.66. The van der Waals surface area contributed by atoms with Crippen LogP contribution in [0.25, 0.3) is 0 Å². The van der Waals surface area contributed by atoms with Gasteiger partial charge in [-0.15, -0.1) is 0 Å². The Morgan fingerprint density at radius 1 is 1.11 bits per heavy atom. The van der Waals surface area contributed by atoms with Crippen molar-refractivity contribution >= 4 is 5.97 Å². The third-order valence-corrected chi connectivity index (χ3v) is 5.04. The summed E-state index contributed by atoms with van der Waals surface area (Å²) in [6.45, 7) is 9.73. The second kappa shape index (κ2) is 3.50.